The highest BCUT2D eigenvalue weighted by atomic mass is 16.4. The van der Waals surface area contributed by atoms with Crippen LogP contribution in [0.5, 0.6) is 0 Å². The highest BCUT2D eigenvalue weighted by molar-refractivity contribution is 5.72. The van der Waals surface area contributed by atoms with Crippen molar-refractivity contribution >= 4 is 17.9 Å². The maximum Gasteiger partial charge on any atom is 0.359 e. The second kappa shape index (κ2) is 24.4. The summed E-state index contributed by atoms with van der Waals surface area (Å²) in [4.78, 5) is 33.4. The van der Waals surface area contributed by atoms with Gasteiger partial charge in [0.1, 0.15) is 6.54 Å². The molecule has 0 bridgehead atoms. The van der Waals surface area contributed by atoms with Gasteiger partial charge >= 0.3 is 11.9 Å². The molecule has 0 aliphatic carbocycles. The zero-order valence-electron chi connectivity index (χ0n) is 23.6. The van der Waals surface area contributed by atoms with Crippen LogP contribution in [0, 0.1) is 0 Å². The lowest BCUT2D eigenvalue weighted by molar-refractivity contribution is -0.909. The summed E-state index contributed by atoms with van der Waals surface area (Å²) in [5.41, 5.74) is 0. The maximum atomic E-state index is 11.2. The van der Waals surface area contributed by atoms with Crippen LogP contribution in [0.1, 0.15) is 135 Å². The van der Waals surface area contributed by atoms with Crippen LogP contribution >= 0.6 is 0 Å². The van der Waals surface area contributed by atoms with E-state index < -0.39 is 42.0 Å². The Balaban J connectivity index is 3.64. The van der Waals surface area contributed by atoms with Gasteiger partial charge in [0.25, 0.3) is 0 Å². The predicted molar refractivity (Wildman–Crippen MR) is 147 cm³/mol. The fraction of sp³-hybridized carbons (Fsp3) is 0.833. The van der Waals surface area contributed by atoms with Gasteiger partial charge in [0.2, 0.25) is 0 Å². The molecule has 7 nitrogen and oxygen atoms in total. The molecule has 0 aliphatic heterocycles. The van der Waals surface area contributed by atoms with Crippen LogP contribution in [0.25, 0.3) is 0 Å². The van der Waals surface area contributed by atoms with Crippen LogP contribution in [0.15, 0.2) is 12.2 Å². The maximum absolute atomic E-state index is 11.2. The van der Waals surface area contributed by atoms with Gasteiger partial charge in [-0.25, -0.2) is 9.59 Å². The van der Waals surface area contributed by atoms with E-state index in [1.807, 2.05) is 0 Å². The third-order valence-corrected chi connectivity index (χ3v) is 7.05. The van der Waals surface area contributed by atoms with Gasteiger partial charge in [-0.2, -0.15) is 0 Å². The molecule has 0 aromatic heterocycles. The van der Waals surface area contributed by atoms with Crippen molar-refractivity contribution in [1.29, 1.82) is 0 Å². The zero-order valence-corrected chi connectivity index (χ0v) is 23.6. The number of nitrogens with zero attached hydrogens (tertiary/aromatic N) is 1. The van der Waals surface area contributed by atoms with E-state index in [4.69, 9.17) is 10.2 Å². The summed E-state index contributed by atoms with van der Waals surface area (Å²) >= 11 is 0. The molecule has 0 atom stereocenters. The number of hydrogen-bond acceptors (Lipinski definition) is 4. The second-order valence-electron chi connectivity index (χ2n) is 10.8. The number of rotatable bonds is 28. The molecule has 37 heavy (non-hydrogen) atoms. The second-order valence-corrected chi connectivity index (χ2v) is 10.8. The predicted octanol–water partition coefficient (Wildman–Crippen LogP) is 6.10. The minimum absolute atomic E-state index is 0.224. The summed E-state index contributed by atoms with van der Waals surface area (Å²) in [5, 5.41) is 29.3. The zero-order chi connectivity index (χ0) is 27.6. The Hall–Kier alpha value is -1.89. The van der Waals surface area contributed by atoms with Crippen molar-refractivity contribution in [3.63, 3.8) is 0 Å². The number of carboxylic acids is 3. The lowest BCUT2D eigenvalue weighted by Crippen LogP contribution is -2.59. The molecular weight excluding hydrogens is 470 g/mol. The molecule has 0 rings (SSSR count). The largest absolute Gasteiger partial charge is 0.544 e. The van der Waals surface area contributed by atoms with Gasteiger partial charge in [-0.05, 0) is 38.5 Å². The highest BCUT2D eigenvalue weighted by Crippen LogP contribution is 2.15. The van der Waals surface area contributed by atoms with E-state index in [0.29, 0.717) is 6.42 Å². The minimum Gasteiger partial charge on any atom is -0.544 e. The molecule has 0 radical (unpaired) electrons. The average Bonchev–Trinajstić information content (AvgIpc) is 2.81. The Morgan fingerprint density at radius 1 is 0.568 bits per heavy atom. The summed E-state index contributed by atoms with van der Waals surface area (Å²) in [6.45, 7) is 0.858. The molecule has 0 heterocycles. The van der Waals surface area contributed by atoms with Crippen LogP contribution < -0.4 is 5.11 Å². The minimum atomic E-state index is -1.42. The fourth-order valence-corrected chi connectivity index (χ4v) is 5.01. The summed E-state index contributed by atoms with van der Waals surface area (Å²) in [5.74, 6) is -3.81. The lowest BCUT2D eigenvalue weighted by atomic mass is 10.0. The fourth-order valence-electron chi connectivity index (χ4n) is 5.01. The van der Waals surface area contributed by atoms with Crippen molar-refractivity contribution in [1.82, 2.24) is 0 Å². The summed E-state index contributed by atoms with van der Waals surface area (Å²) in [6, 6.07) is 0. The molecule has 0 spiro atoms. The topological polar surface area (TPSA) is 115 Å². The third-order valence-electron chi connectivity index (χ3n) is 7.05. The Kier molecular flexibility index (Phi) is 23.2. The van der Waals surface area contributed by atoms with Crippen molar-refractivity contribution in [3.8, 4) is 0 Å². The number of carboxylic acid groups (broad SMARTS) is 3. The Labute approximate surface area is 225 Å². The van der Waals surface area contributed by atoms with E-state index in [1.165, 1.54) is 103 Å². The van der Waals surface area contributed by atoms with Gasteiger partial charge in [0.05, 0.1) is 12.5 Å². The number of carbonyl (C=O) groups is 3. The van der Waals surface area contributed by atoms with Crippen LogP contribution in [-0.2, 0) is 14.4 Å². The monoisotopic (exact) mass is 525 g/mol. The molecule has 216 valence electrons. The van der Waals surface area contributed by atoms with E-state index in [2.05, 4.69) is 19.1 Å². The molecule has 2 N–H and O–H groups in total. The van der Waals surface area contributed by atoms with Crippen LogP contribution in [0.2, 0.25) is 0 Å². The lowest BCUT2D eigenvalue weighted by Gasteiger charge is -2.36. The molecule has 0 saturated carbocycles. The molecule has 0 saturated heterocycles. The first-order valence-electron chi connectivity index (χ1n) is 14.9. The first kappa shape index (κ1) is 35.1. The smallest absolute Gasteiger partial charge is 0.359 e. The van der Waals surface area contributed by atoms with Gasteiger partial charge in [0.15, 0.2) is 13.1 Å². The molecule has 0 aliphatic rings. The van der Waals surface area contributed by atoms with E-state index >= 15 is 0 Å². The Morgan fingerprint density at radius 2 is 0.919 bits per heavy atom. The Morgan fingerprint density at radius 3 is 1.27 bits per heavy atom. The Bertz CT molecular complexity index is 578. The van der Waals surface area contributed by atoms with Crippen LogP contribution in [0.4, 0.5) is 0 Å². The first-order chi connectivity index (χ1) is 17.8. The van der Waals surface area contributed by atoms with E-state index in [9.17, 15) is 19.5 Å². The summed E-state index contributed by atoms with van der Waals surface area (Å²) in [6.07, 6.45) is 29.2. The van der Waals surface area contributed by atoms with Crippen molar-refractivity contribution < 1.29 is 34.2 Å². The van der Waals surface area contributed by atoms with Crippen molar-refractivity contribution in [3.05, 3.63) is 12.2 Å². The van der Waals surface area contributed by atoms with Gasteiger partial charge < -0.3 is 24.6 Å². The van der Waals surface area contributed by atoms with Gasteiger partial charge in [0, 0.05) is 0 Å². The van der Waals surface area contributed by atoms with E-state index in [-0.39, 0.29) is 6.54 Å². The number of hydrogen-bond donors (Lipinski definition) is 2. The molecule has 0 fully saturated rings. The van der Waals surface area contributed by atoms with E-state index in [0.717, 1.165) is 19.3 Å². The number of unbranched alkanes of at least 4 members (excludes halogenated alkanes) is 18. The average molecular weight is 526 g/mol. The molecule has 0 amide bonds. The molecular formula is C30H55NO6. The molecule has 0 unspecified atom stereocenters. The summed E-state index contributed by atoms with van der Waals surface area (Å²) in [7, 11) is 0. The van der Waals surface area contributed by atoms with Gasteiger partial charge in [-0.15, -0.1) is 0 Å². The number of allylic oxidation sites excluding steroid dienone is 2. The SMILES string of the molecule is CCCCCCC/C=C/CCCCCCCCCCCCCCC[N+](CC(=O)[O-])(CC(=O)O)CC(=O)O. The highest BCUT2D eigenvalue weighted by Gasteiger charge is 2.33. The van der Waals surface area contributed by atoms with Crippen LogP contribution in [0.3, 0.4) is 0 Å². The van der Waals surface area contributed by atoms with Crippen molar-refractivity contribution in [2.24, 2.45) is 0 Å². The number of aliphatic carboxylic acids is 3. The van der Waals surface area contributed by atoms with Crippen LogP contribution in [-0.4, -0.2) is 58.8 Å². The molecule has 7 heteroatoms. The first-order valence-corrected chi connectivity index (χ1v) is 14.9. The van der Waals surface area contributed by atoms with Gasteiger partial charge in [-0.3, -0.25) is 0 Å². The normalized spacial score (nSPS) is 11.8. The number of quaternary nitrogens is 1. The third kappa shape index (κ3) is 24.2. The standard InChI is InChI=1S/C30H55NO6/c1-2-3-4-5-6-7-8-9-10-11-12-13-14-15-16-17-18-19-20-21-22-23-24-31(25-28(32)33,26-29(34)35)27-30(36)37/h8-9H,2-7,10-27H2,1H3,(H2-,32,33,34,35,36,37)/b9-8+. The summed E-state index contributed by atoms with van der Waals surface area (Å²) < 4.78 is -0.497. The van der Waals surface area contributed by atoms with Crippen molar-refractivity contribution in [2.45, 2.75) is 135 Å². The molecule has 0 aromatic rings. The molecule has 0 aromatic carbocycles. The van der Waals surface area contributed by atoms with E-state index in [1.54, 1.807) is 0 Å². The van der Waals surface area contributed by atoms with Gasteiger partial charge in [-0.1, -0.05) is 109 Å². The van der Waals surface area contributed by atoms with Crippen molar-refractivity contribution in [2.75, 3.05) is 26.2 Å². The quantitative estimate of drug-likeness (QED) is 0.0724. The number of carbonyl (C=O) groups excluding carboxylic acids is 1.